The number of nitrogens with zero attached hydrogens (tertiary/aromatic N) is 3. The van der Waals surface area contributed by atoms with Gasteiger partial charge in [-0.05, 0) is 17.9 Å². The lowest BCUT2D eigenvalue weighted by atomic mass is 10.1. The molecule has 102 valence electrons. The summed E-state index contributed by atoms with van der Waals surface area (Å²) in [6, 6.07) is 8.37. The Labute approximate surface area is 114 Å². The fraction of sp³-hybridized carbons (Fsp3) is 0.467. The van der Waals surface area contributed by atoms with Crippen molar-refractivity contribution in [3.8, 4) is 11.4 Å². The molecule has 0 fully saturated rings. The average molecular weight is 259 g/mol. The number of aryl methyl sites for hydroxylation is 1. The van der Waals surface area contributed by atoms with E-state index in [1.165, 1.54) is 5.56 Å². The van der Waals surface area contributed by atoms with Crippen LogP contribution in [0.1, 0.15) is 32.2 Å². The van der Waals surface area contributed by atoms with E-state index in [0.717, 1.165) is 24.4 Å². The van der Waals surface area contributed by atoms with Gasteiger partial charge >= 0.3 is 0 Å². The fourth-order valence-corrected chi connectivity index (χ4v) is 2.11. The first-order valence-corrected chi connectivity index (χ1v) is 6.78. The van der Waals surface area contributed by atoms with E-state index in [0.29, 0.717) is 11.7 Å². The molecule has 0 unspecified atom stereocenters. The fourth-order valence-electron chi connectivity index (χ4n) is 2.11. The number of aromatic nitrogens is 3. The van der Waals surface area contributed by atoms with Gasteiger partial charge in [-0.15, -0.1) is 10.2 Å². The summed E-state index contributed by atoms with van der Waals surface area (Å²) in [4.78, 5) is 0. The molecule has 1 heterocycles. The van der Waals surface area contributed by atoms with Crippen LogP contribution in [0.3, 0.4) is 0 Å². The van der Waals surface area contributed by atoms with E-state index in [-0.39, 0.29) is 6.61 Å². The molecule has 1 aromatic carbocycles. The van der Waals surface area contributed by atoms with Crippen molar-refractivity contribution in [2.75, 3.05) is 0 Å². The van der Waals surface area contributed by atoms with E-state index in [4.69, 9.17) is 0 Å². The normalized spacial score (nSPS) is 11.2. The van der Waals surface area contributed by atoms with Crippen molar-refractivity contribution < 1.29 is 5.11 Å². The maximum absolute atomic E-state index is 9.35. The zero-order valence-electron chi connectivity index (χ0n) is 11.8. The van der Waals surface area contributed by atoms with Gasteiger partial charge in [0.05, 0.1) is 0 Å². The lowest BCUT2D eigenvalue weighted by molar-refractivity contribution is 0.262. The van der Waals surface area contributed by atoms with E-state index in [1.54, 1.807) is 0 Å². The monoisotopic (exact) mass is 259 g/mol. The zero-order valence-corrected chi connectivity index (χ0v) is 11.8. The molecule has 0 radical (unpaired) electrons. The number of benzene rings is 1. The summed E-state index contributed by atoms with van der Waals surface area (Å²) in [7, 11) is 0. The van der Waals surface area contributed by atoms with Crippen LogP contribution in [0.5, 0.6) is 0 Å². The Morgan fingerprint density at radius 2 is 1.84 bits per heavy atom. The standard InChI is InChI=1S/C15H21N3O/c1-4-12-5-7-13(8-6-12)15-17-16-14(10-19)18(15)9-11(2)3/h5-8,11,19H,4,9-10H2,1-3H3. The SMILES string of the molecule is CCc1ccc(-c2nnc(CO)n2CC(C)C)cc1. The van der Waals surface area contributed by atoms with Gasteiger partial charge in [0, 0.05) is 12.1 Å². The highest BCUT2D eigenvalue weighted by Gasteiger charge is 2.14. The minimum Gasteiger partial charge on any atom is -0.388 e. The Balaban J connectivity index is 2.39. The summed E-state index contributed by atoms with van der Waals surface area (Å²) < 4.78 is 2.01. The van der Waals surface area contributed by atoms with Gasteiger partial charge in [0.15, 0.2) is 11.6 Å². The Morgan fingerprint density at radius 3 is 2.37 bits per heavy atom. The minimum atomic E-state index is -0.0766. The summed E-state index contributed by atoms with van der Waals surface area (Å²) in [5.74, 6) is 1.94. The van der Waals surface area contributed by atoms with Crippen molar-refractivity contribution >= 4 is 0 Å². The van der Waals surface area contributed by atoms with Crippen molar-refractivity contribution in [1.29, 1.82) is 0 Å². The van der Waals surface area contributed by atoms with Crippen LogP contribution in [0.4, 0.5) is 0 Å². The first-order chi connectivity index (χ1) is 9.15. The Kier molecular flexibility index (Phi) is 4.32. The number of rotatable bonds is 5. The van der Waals surface area contributed by atoms with E-state index in [9.17, 15) is 5.11 Å². The predicted molar refractivity (Wildman–Crippen MR) is 75.6 cm³/mol. The molecule has 19 heavy (non-hydrogen) atoms. The molecule has 0 saturated heterocycles. The topological polar surface area (TPSA) is 50.9 Å². The van der Waals surface area contributed by atoms with Crippen LogP contribution in [-0.2, 0) is 19.6 Å². The van der Waals surface area contributed by atoms with E-state index < -0.39 is 0 Å². The minimum absolute atomic E-state index is 0.0766. The number of aliphatic hydroxyl groups excluding tert-OH is 1. The number of hydrogen-bond acceptors (Lipinski definition) is 3. The highest BCUT2D eigenvalue weighted by atomic mass is 16.3. The molecule has 0 saturated carbocycles. The summed E-state index contributed by atoms with van der Waals surface area (Å²) >= 11 is 0. The third-order valence-corrected chi connectivity index (χ3v) is 3.14. The van der Waals surface area contributed by atoms with Gasteiger partial charge in [0.25, 0.3) is 0 Å². The van der Waals surface area contributed by atoms with Crippen LogP contribution in [0.15, 0.2) is 24.3 Å². The molecule has 0 aliphatic rings. The van der Waals surface area contributed by atoms with Gasteiger partial charge in [-0.3, -0.25) is 0 Å². The molecular formula is C15H21N3O. The Bertz CT molecular complexity index is 529. The molecule has 4 heteroatoms. The Hall–Kier alpha value is -1.68. The van der Waals surface area contributed by atoms with E-state index >= 15 is 0 Å². The highest BCUT2D eigenvalue weighted by Crippen LogP contribution is 2.20. The van der Waals surface area contributed by atoms with Crippen LogP contribution in [0, 0.1) is 5.92 Å². The van der Waals surface area contributed by atoms with Gasteiger partial charge in [-0.2, -0.15) is 0 Å². The van der Waals surface area contributed by atoms with Gasteiger partial charge in [-0.25, -0.2) is 0 Å². The summed E-state index contributed by atoms with van der Waals surface area (Å²) in [6.07, 6.45) is 1.03. The van der Waals surface area contributed by atoms with Gasteiger partial charge in [0.2, 0.25) is 0 Å². The molecule has 0 bridgehead atoms. The van der Waals surface area contributed by atoms with Crippen LogP contribution < -0.4 is 0 Å². The third-order valence-electron chi connectivity index (χ3n) is 3.14. The van der Waals surface area contributed by atoms with Crippen molar-refractivity contribution in [2.24, 2.45) is 5.92 Å². The van der Waals surface area contributed by atoms with Crippen LogP contribution in [-0.4, -0.2) is 19.9 Å². The molecule has 2 rings (SSSR count). The maximum Gasteiger partial charge on any atom is 0.164 e. The van der Waals surface area contributed by atoms with Gasteiger partial charge < -0.3 is 9.67 Å². The first-order valence-electron chi connectivity index (χ1n) is 6.78. The zero-order chi connectivity index (χ0) is 13.8. The predicted octanol–water partition coefficient (Wildman–Crippen LogP) is 2.66. The van der Waals surface area contributed by atoms with Crippen molar-refractivity contribution in [1.82, 2.24) is 14.8 Å². The van der Waals surface area contributed by atoms with E-state index in [2.05, 4.69) is 55.2 Å². The van der Waals surface area contributed by atoms with E-state index in [1.807, 2.05) is 4.57 Å². The Morgan fingerprint density at radius 1 is 1.16 bits per heavy atom. The molecule has 1 N–H and O–H groups in total. The second-order valence-electron chi connectivity index (χ2n) is 5.15. The maximum atomic E-state index is 9.35. The second-order valence-corrected chi connectivity index (χ2v) is 5.15. The molecule has 0 aliphatic carbocycles. The molecule has 2 aromatic rings. The first kappa shape index (κ1) is 13.7. The average Bonchev–Trinajstić information content (AvgIpc) is 2.81. The highest BCUT2D eigenvalue weighted by molar-refractivity contribution is 5.55. The molecule has 0 amide bonds. The van der Waals surface area contributed by atoms with Crippen molar-refractivity contribution in [2.45, 2.75) is 40.3 Å². The number of aliphatic hydroxyl groups is 1. The van der Waals surface area contributed by atoms with Crippen LogP contribution in [0.25, 0.3) is 11.4 Å². The number of hydrogen-bond donors (Lipinski definition) is 1. The molecule has 0 spiro atoms. The van der Waals surface area contributed by atoms with Crippen molar-refractivity contribution in [3.63, 3.8) is 0 Å². The largest absolute Gasteiger partial charge is 0.388 e. The summed E-state index contributed by atoms with van der Waals surface area (Å²) in [5.41, 5.74) is 2.35. The smallest absolute Gasteiger partial charge is 0.164 e. The molecule has 1 aromatic heterocycles. The summed E-state index contributed by atoms with van der Waals surface area (Å²) in [5, 5.41) is 17.6. The van der Waals surface area contributed by atoms with Crippen molar-refractivity contribution in [3.05, 3.63) is 35.7 Å². The van der Waals surface area contributed by atoms with Crippen LogP contribution in [0.2, 0.25) is 0 Å². The lowest BCUT2D eigenvalue weighted by Gasteiger charge is -2.12. The van der Waals surface area contributed by atoms with Gasteiger partial charge in [-0.1, -0.05) is 45.0 Å². The summed E-state index contributed by atoms with van der Waals surface area (Å²) in [6.45, 7) is 7.16. The quantitative estimate of drug-likeness (QED) is 0.898. The third kappa shape index (κ3) is 3.01. The lowest BCUT2D eigenvalue weighted by Crippen LogP contribution is -2.10. The molecule has 4 nitrogen and oxygen atoms in total. The van der Waals surface area contributed by atoms with Gasteiger partial charge in [0.1, 0.15) is 6.61 Å². The molecule has 0 aliphatic heterocycles. The van der Waals surface area contributed by atoms with Crippen LogP contribution >= 0.6 is 0 Å². The second kappa shape index (κ2) is 5.97. The molecular weight excluding hydrogens is 238 g/mol. The molecule has 0 atom stereocenters.